The predicted molar refractivity (Wildman–Crippen MR) is 47.3 cm³/mol. The molecule has 0 bridgehead atoms. The lowest BCUT2D eigenvalue weighted by molar-refractivity contribution is 1.24. The highest BCUT2D eigenvalue weighted by Crippen LogP contribution is 2.27. The third kappa shape index (κ3) is 1.75. The van der Waals surface area contributed by atoms with Crippen LogP contribution in [0.3, 0.4) is 0 Å². The van der Waals surface area contributed by atoms with Gasteiger partial charge in [0.2, 0.25) is 0 Å². The molecule has 0 aliphatic heterocycles. The molecule has 0 saturated heterocycles. The highest BCUT2D eigenvalue weighted by atomic mass is 79.9. The molecule has 0 saturated carbocycles. The molecule has 0 aliphatic carbocycles. The Balaban J connectivity index is 3.46. The summed E-state index contributed by atoms with van der Waals surface area (Å²) in [5.41, 5.74) is 0. The number of rotatable bonds is 0. The summed E-state index contributed by atoms with van der Waals surface area (Å²) < 4.78 is 16.3. The van der Waals surface area contributed by atoms with Crippen molar-refractivity contribution in [1.82, 2.24) is 4.98 Å². The standard InChI is InChI=1S/C5H2Br3N/c6-3-1-2-9-5(8)4(3)7/h1-2H/i1D,2D. The lowest BCUT2D eigenvalue weighted by Gasteiger charge is -1.94. The predicted octanol–water partition coefficient (Wildman–Crippen LogP) is 3.37. The Labute approximate surface area is 81.1 Å². The van der Waals surface area contributed by atoms with Gasteiger partial charge >= 0.3 is 0 Å². The Hall–Kier alpha value is 0.590. The van der Waals surface area contributed by atoms with Crippen molar-refractivity contribution >= 4 is 47.8 Å². The fraction of sp³-hybridized carbons (Fsp3) is 0. The Morgan fingerprint density at radius 1 is 1.44 bits per heavy atom. The second-order valence-corrected chi connectivity index (χ2v) is 3.60. The van der Waals surface area contributed by atoms with Crippen molar-refractivity contribution in [2.75, 3.05) is 0 Å². The SMILES string of the molecule is [2H]c1nc(Br)c(Br)c(Br)c1[2H]. The van der Waals surface area contributed by atoms with Crippen molar-refractivity contribution in [3.63, 3.8) is 0 Å². The first-order valence-corrected chi connectivity index (χ1v) is 4.39. The van der Waals surface area contributed by atoms with Gasteiger partial charge in [0.05, 0.1) is 7.21 Å². The quantitative estimate of drug-likeness (QED) is 0.669. The normalized spacial score (nSPS) is 12.8. The van der Waals surface area contributed by atoms with Gasteiger partial charge in [0, 0.05) is 10.6 Å². The molecule has 1 rings (SSSR count). The summed E-state index contributed by atoms with van der Waals surface area (Å²) in [5.74, 6) is 0. The number of aromatic nitrogens is 1. The zero-order valence-electron chi connectivity index (χ0n) is 6.08. The van der Waals surface area contributed by atoms with E-state index in [1.165, 1.54) is 0 Å². The number of hydrogen-bond donors (Lipinski definition) is 0. The molecule has 0 radical (unpaired) electrons. The van der Waals surface area contributed by atoms with Crippen LogP contribution < -0.4 is 0 Å². The van der Waals surface area contributed by atoms with Gasteiger partial charge in [0.1, 0.15) is 4.60 Å². The molecule has 0 N–H and O–H groups in total. The van der Waals surface area contributed by atoms with E-state index in [-0.39, 0.29) is 12.2 Å². The molecule has 9 heavy (non-hydrogen) atoms. The molecule has 1 heterocycles. The van der Waals surface area contributed by atoms with E-state index in [1.54, 1.807) is 0 Å². The van der Waals surface area contributed by atoms with E-state index in [0.717, 1.165) is 0 Å². The average Bonchev–Trinajstić information content (AvgIpc) is 1.97. The molecule has 0 atom stereocenters. The number of hydrogen-bond acceptors (Lipinski definition) is 1. The lowest BCUT2D eigenvalue weighted by Crippen LogP contribution is -1.75. The van der Waals surface area contributed by atoms with Crippen molar-refractivity contribution < 1.29 is 2.74 Å². The van der Waals surface area contributed by atoms with Gasteiger partial charge < -0.3 is 0 Å². The second-order valence-electron chi connectivity index (χ2n) is 1.27. The van der Waals surface area contributed by atoms with Gasteiger partial charge in [0.25, 0.3) is 0 Å². The molecule has 1 aromatic rings. The van der Waals surface area contributed by atoms with Crippen molar-refractivity contribution in [3.05, 3.63) is 25.8 Å². The fourth-order valence-electron chi connectivity index (χ4n) is 0.321. The summed E-state index contributed by atoms with van der Waals surface area (Å²) >= 11 is 9.50. The highest BCUT2D eigenvalue weighted by Gasteiger charge is 1.98. The smallest absolute Gasteiger partial charge is 0.121 e. The molecular weight excluding hydrogens is 314 g/mol. The van der Waals surface area contributed by atoms with Gasteiger partial charge in [0.15, 0.2) is 0 Å². The minimum absolute atomic E-state index is 0.0491. The summed E-state index contributed by atoms with van der Waals surface area (Å²) in [6.45, 7) is 0. The summed E-state index contributed by atoms with van der Waals surface area (Å²) in [6, 6.07) is 0.0834. The van der Waals surface area contributed by atoms with E-state index in [9.17, 15) is 0 Å². The minimum atomic E-state index is -0.0491. The molecule has 0 amide bonds. The van der Waals surface area contributed by atoms with Crippen LogP contribution in [-0.4, -0.2) is 4.98 Å². The number of nitrogens with zero attached hydrogens (tertiary/aromatic N) is 1. The van der Waals surface area contributed by atoms with Crippen LogP contribution in [0.4, 0.5) is 0 Å². The molecule has 0 spiro atoms. The monoisotopic (exact) mass is 315 g/mol. The Bertz CT molecular complexity index is 276. The van der Waals surface area contributed by atoms with Crippen LogP contribution in [0.2, 0.25) is 0 Å². The first-order valence-electron chi connectivity index (χ1n) is 3.01. The Morgan fingerprint density at radius 2 is 2.11 bits per heavy atom. The van der Waals surface area contributed by atoms with Crippen LogP contribution in [-0.2, 0) is 0 Å². The number of halogens is 3. The number of pyridine rings is 1. The van der Waals surface area contributed by atoms with Crippen LogP contribution >= 0.6 is 47.8 Å². The van der Waals surface area contributed by atoms with Gasteiger partial charge in [-0.05, 0) is 53.8 Å². The van der Waals surface area contributed by atoms with Gasteiger partial charge in [-0.25, -0.2) is 4.98 Å². The summed E-state index contributed by atoms with van der Waals surface area (Å²) in [4.78, 5) is 3.75. The molecule has 48 valence electrons. The van der Waals surface area contributed by atoms with Gasteiger partial charge in [-0.1, -0.05) is 0 Å². The molecule has 0 aromatic carbocycles. The third-order valence-corrected chi connectivity index (χ3v) is 3.70. The van der Waals surface area contributed by atoms with Crippen LogP contribution in [0.5, 0.6) is 0 Å². The van der Waals surface area contributed by atoms with Crippen LogP contribution in [0.15, 0.2) is 25.8 Å². The topological polar surface area (TPSA) is 12.9 Å². The zero-order chi connectivity index (χ0) is 8.59. The molecule has 0 aliphatic rings. The zero-order valence-corrected chi connectivity index (χ0v) is 8.84. The van der Waals surface area contributed by atoms with Crippen molar-refractivity contribution in [2.45, 2.75) is 0 Å². The van der Waals surface area contributed by atoms with E-state index in [4.69, 9.17) is 2.74 Å². The van der Waals surface area contributed by atoms with Crippen LogP contribution in [0.25, 0.3) is 0 Å². The first-order chi connectivity index (χ1) is 5.04. The highest BCUT2D eigenvalue weighted by molar-refractivity contribution is 9.14. The first kappa shape index (κ1) is 5.27. The van der Waals surface area contributed by atoms with E-state index in [1.807, 2.05) is 0 Å². The van der Waals surface area contributed by atoms with Crippen LogP contribution in [0.1, 0.15) is 2.74 Å². The largest absolute Gasteiger partial charge is 0.248 e. The van der Waals surface area contributed by atoms with Crippen LogP contribution in [0, 0.1) is 0 Å². The molecule has 1 aromatic heterocycles. The second kappa shape index (κ2) is 3.12. The average molecular weight is 318 g/mol. The summed E-state index contributed by atoms with van der Waals surface area (Å²) in [6.07, 6.45) is -0.0491. The summed E-state index contributed by atoms with van der Waals surface area (Å²) in [5, 5.41) is 0. The summed E-state index contributed by atoms with van der Waals surface area (Å²) in [7, 11) is 0. The molecule has 0 unspecified atom stereocenters. The van der Waals surface area contributed by atoms with Crippen molar-refractivity contribution in [1.29, 1.82) is 0 Å². The maximum Gasteiger partial charge on any atom is 0.121 e. The lowest BCUT2D eigenvalue weighted by atomic mass is 10.5. The minimum Gasteiger partial charge on any atom is -0.248 e. The molecular formula is C5H2Br3N. The maximum absolute atomic E-state index is 7.33. The van der Waals surface area contributed by atoms with Crippen molar-refractivity contribution in [2.24, 2.45) is 0 Å². The van der Waals surface area contributed by atoms with E-state index in [2.05, 4.69) is 52.8 Å². The molecule has 4 heteroatoms. The Kier molecular flexibility index (Phi) is 1.83. The molecule has 0 fully saturated rings. The van der Waals surface area contributed by atoms with Gasteiger partial charge in [-0.15, -0.1) is 0 Å². The Morgan fingerprint density at radius 3 is 2.78 bits per heavy atom. The van der Waals surface area contributed by atoms with Crippen molar-refractivity contribution in [3.8, 4) is 0 Å². The maximum atomic E-state index is 7.33. The van der Waals surface area contributed by atoms with E-state index >= 15 is 0 Å². The fourth-order valence-corrected chi connectivity index (χ4v) is 1.34. The molecule has 1 nitrogen and oxygen atoms in total. The van der Waals surface area contributed by atoms with Gasteiger partial charge in [-0.3, -0.25) is 0 Å². The van der Waals surface area contributed by atoms with Gasteiger partial charge in [-0.2, -0.15) is 0 Å². The van der Waals surface area contributed by atoms with E-state index in [0.29, 0.717) is 13.5 Å². The third-order valence-electron chi connectivity index (χ3n) is 0.694. The van der Waals surface area contributed by atoms with E-state index < -0.39 is 0 Å².